The number of aromatic hydroxyl groups is 1. The first-order valence-electron chi connectivity index (χ1n) is 5.53. The highest BCUT2D eigenvalue weighted by molar-refractivity contribution is 9.09. The molecule has 0 aromatic heterocycles. The minimum Gasteiger partial charge on any atom is -0.507 e. The quantitative estimate of drug-likeness (QED) is 0.752. The Kier molecular flexibility index (Phi) is 4.58. The molecular weight excluding hydrogens is 284 g/mol. The van der Waals surface area contributed by atoms with E-state index in [1.54, 1.807) is 12.1 Å². The predicted molar refractivity (Wildman–Crippen MR) is 71.6 cm³/mol. The van der Waals surface area contributed by atoms with Gasteiger partial charge in [-0.25, -0.2) is 0 Å². The van der Waals surface area contributed by atoms with Crippen molar-refractivity contribution < 1.29 is 15.3 Å². The first-order chi connectivity index (χ1) is 7.79. The minimum atomic E-state index is -1.09. The third-order valence-electron chi connectivity index (χ3n) is 2.72. The van der Waals surface area contributed by atoms with Gasteiger partial charge in [0.2, 0.25) is 0 Å². The van der Waals surface area contributed by atoms with E-state index in [0.717, 1.165) is 5.56 Å². The average molecular weight is 303 g/mol. The van der Waals surface area contributed by atoms with Gasteiger partial charge >= 0.3 is 0 Å². The molecule has 0 saturated carbocycles. The third kappa shape index (κ3) is 3.21. The minimum absolute atomic E-state index is 0.0625. The van der Waals surface area contributed by atoms with Crippen molar-refractivity contribution in [1.29, 1.82) is 0 Å². The smallest absolute Gasteiger partial charge is 0.125 e. The van der Waals surface area contributed by atoms with Crippen molar-refractivity contribution in [3.8, 4) is 5.75 Å². The molecule has 0 radical (unpaired) electrons. The van der Waals surface area contributed by atoms with E-state index < -0.39 is 12.2 Å². The van der Waals surface area contributed by atoms with E-state index >= 15 is 0 Å². The lowest BCUT2D eigenvalue weighted by atomic mass is 9.84. The molecule has 2 atom stereocenters. The molecule has 17 heavy (non-hydrogen) atoms. The number of aliphatic hydroxyl groups excluding tert-OH is 2. The molecule has 4 heteroatoms. The molecule has 0 aliphatic rings. The van der Waals surface area contributed by atoms with Crippen LogP contribution in [0.2, 0.25) is 0 Å². The molecule has 2 unspecified atom stereocenters. The van der Waals surface area contributed by atoms with Gasteiger partial charge in [0, 0.05) is 10.9 Å². The van der Waals surface area contributed by atoms with E-state index in [9.17, 15) is 15.3 Å². The van der Waals surface area contributed by atoms with Crippen LogP contribution in [0, 0.1) is 0 Å². The molecule has 3 nitrogen and oxygen atoms in total. The number of halogens is 1. The van der Waals surface area contributed by atoms with Crippen molar-refractivity contribution in [2.75, 3.05) is 5.33 Å². The van der Waals surface area contributed by atoms with Crippen LogP contribution in [-0.4, -0.2) is 26.8 Å². The summed E-state index contributed by atoms with van der Waals surface area (Å²) in [4.78, 5) is 0. The van der Waals surface area contributed by atoms with Gasteiger partial charge in [-0.05, 0) is 11.0 Å². The lowest BCUT2D eigenvalue weighted by molar-refractivity contribution is 0.0326. The van der Waals surface area contributed by atoms with Gasteiger partial charge in [0.1, 0.15) is 11.9 Å². The molecule has 1 rings (SSSR count). The maximum Gasteiger partial charge on any atom is 0.125 e. The first kappa shape index (κ1) is 14.5. The molecular formula is C13H19BrO3. The molecule has 3 N–H and O–H groups in total. The highest BCUT2D eigenvalue weighted by Crippen LogP contribution is 2.36. The van der Waals surface area contributed by atoms with Crippen molar-refractivity contribution in [1.82, 2.24) is 0 Å². The van der Waals surface area contributed by atoms with E-state index in [0.29, 0.717) is 5.56 Å². The second-order valence-electron chi connectivity index (χ2n) is 5.16. The van der Waals surface area contributed by atoms with Crippen molar-refractivity contribution in [2.45, 2.75) is 38.4 Å². The molecule has 0 saturated heterocycles. The summed E-state index contributed by atoms with van der Waals surface area (Å²) in [7, 11) is 0. The summed E-state index contributed by atoms with van der Waals surface area (Å²) in [5, 5.41) is 29.9. The average Bonchev–Trinajstić information content (AvgIpc) is 2.25. The Labute approximate surface area is 110 Å². The number of hydrogen-bond donors (Lipinski definition) is 3. The second kappa shape index (κ2) is 5.38. The Balaban J connectivity index is 3.19. The SMILES string of the molecule is CC(C)(C)c1cccc(C(O)C(O)CBr)c1O. The maximum absolute atomic E-state index is 10.2. The van der Waals surface area contributed by atoms with Crippen molar-refractivity contribution in [3.05, 3.63) is 29.3 Å². The number of benzene rings is 1. The molecule has 96 valence electrons. The summed E-state index contributed by atoms with van der Waals surface area (Å²) < 4.78 is 0. The number of phenolic OH excluding ortho intramolecular Hbond substituents is 1. The number of phenols is 1. The van der Waals surface area contributed by atoms with Crippen molar-refractivity contribution in [2.24, 2.45) is 0 Å². The van der Waals surface area contributed by atoms with Crippen LogP contribution in [0.5, 0.6) is 5.75 Å². The largest absolute Gasteiger partial charge is 0.507 e. The molecule has 1 aromatic rings. The number of para-hydroxylation sites is 1. The predicted octanol–water partition coefficient (Wildman–Crippen LogP) is 2.48. The van der Waals surface area contributed by atoms with Crippen LogP contribution in [0.25, 0.3) is 0 Å². The number of hydrogen-bond acceptors (Lipinski definition) is 3. The topological polar surface area (TPSA) is 60.7 Å². The standard InChI is InChI=1S/C13H19BrO3/c1-13(2,3)9-6-4-5-8(11(9)16)12(17)10(15)7-14/h4-6,10,12,15-17H,7H2,1-3H3. The van der Waals surface area contributed by atoms with E-state index in [1.807, 2.05) is 26.8 Å². The fraction of sp³-hybridized carbons (Fsp3) is 0.538. The second-order valence-corrected chi connectivity index (χ2v) is 5.81. The number of rotatable bonds is 3. The van der Waals surface area contributed by atoms with Crippen LogP contribution in [0.3, 0.4) is 0 Å². The zero-order valence-electron chi connectivity index (χ0n) is 10.3. The molecule has 0 spiro atoms. The van der Waals surface area contributed by atoms with E-state index in [4.69, 9.17) is 0 Å². The van der Waals surface area contributed by atoms with Crippen molar-refractivity contribution >= 4 is 15.9 Å². The summed E-state index contributed by atoms with van der Waals surface area (Å²) >= 11 is 3.10. The van der Waals surface area contributed by atoms with Gasteiger partial charge in [-0.15, -0.1) is 0 Å². The molecule has 0 aliphatic heterocycles. The fourth-order valence-corrected chi connectivity index (χ4v) is 2.05. The van der Waals surface area contributed by atoms with E-state index in [-0.39, 0.29) is 16.5 Å². The number of alkyl halides is 1. The van der Waals surface area contributed by atoms with Crippen LogP contribution in [0.15, 0.2) is 18.2 Å². The molecule has 0 heterocycles. The third-order valence-corrected chi connectivity index (χ3v) is 3.38. The van der Waals surface area contributed by atoms with Crippen LogP contribution >= 0.6 is 15.9 Å². The van der Waals surface area contributed by atoms with Crippen LogP contribution in [0.1, 0.15) is 38.0 Å². The summed E-state index contributed by atoms with van der Waals surface area (Å²) in [5.41, 5.74) is 0.916. The molecule has 1 aromatic carbocycles. The fourth-order valence-electron chi connectivity index (χ4n) is 1.70. The van der Waals surface area contributed by atoms with Crippen molar-refractivity contribution in [3.63, 3.8) is 0 Å². The van der Waals surface area contributed by atoms with Gasteiger partial charge in [0.15, 0.2) is 0 Å². The Morgan fingerprint density at radius 3 is 2.29 bits per heavy atom. The monoisotopic (exact) mass is 302 g/mol. The van der Waals surface area contributed by atoms with Gasteiger partial charge in [0.25, 0.3) is 0 Å². The Bertz CT molecular complexity index is 385. The van der Waals surface area contributed by atoms with Gasteiger partial charge in [-0.3, -0.25) is 0 Å². The molecule has 0 bridgehead atoms. The number of aliphatic hydroxyl groups is 2. The van der Waals surface area contributed by atoms with Gasteiger partial charge in [0.05, 0.1) is 6.10 Å². The van der Waals surface area contributed by atoms with Crippen LogP contribution in [-0.2, 0) is 5.41 Å². The molecule has 0 fully saturated rings. The highest BCUT2D eigenvalue weighted by atomic mass is 79.9. The lowest BCUT2D eigenvalue weighted by Crippen LogP contribution is -2.21. The zero-order chi connectivity index (χ0) is 13.2. The van der Waals surface area contributed by atoms with E-state index in [1.165, 1.54) is 0 Å². The summed E-state index contributed by atoms with van der Waals surface area (Å²) in [5.74, 6) is 0.0625. The maximum atomic E-state index is 10.2. The molecule has 0 amide bonds. The Morgan fingerprint density at radius 1 is 1.24 bits per heavy atom. The summed E-state index contributed by atoms with van der Waals surface area (Å²) in [6.45, 7) is 5.96. The molecule has 0 aliphatic carbocycles. The van der Waals surface area contributed by atoms with Crippen LogP contribution < -0.4 is 0 Å². The Hall–Kier alpha value is -0.580. The summed E-state index contributed by atoms with van der Waals surface area (Å²) in [6, 6.07) is 5.23. The highest BCUT2D eigenvalue weighted by Gasteiger charge is 2.25. The van der Waals surface area contributed by atoms with Crippen LogP contribution in [0.4, 0.5) is 0 Å². The zero-order valence-corrected chi connectivity index (χ0v) is 11.9. The normalized spacial score (nSPS) is 15.6. The van der Waals surface area contributed by atoms with E-state index in [2.05, 4.69) is 15.9 Å². The van der Waals surface area contributed by atoms with Gasteiger partial charge < -0.3 is 15.3 Å². The Morgan fingerprint density at radius 2 is 1.82 bits per heavy atom. The lowest BCUT2D eigenvalue weighted by Gasteiger charge is -2.24. The summed E-state index contributed by atoms with van der Waals surface area (Å²) in [6.07, 6.45) is -2.02. The van der Waals surface area contributed by atoms with Gasteiger partial charge in [-0.2, -0.15) is 0 Å². The van der Waals surface area contributed by atoms with Gasteiger partial charge in [-0.1, -0.05) is 54.9 Å². The first-order valence-corrected chi connectivity index (χ1v) is 6.65.